The highest BCUT2D eigenvalue weighted by molar-refractivity contribution is 6.35. The number of hydrogen-bond acceptors (Lipinski definition) is 7. The number of halogens is 3. The molecule has 0 unspecified atom stereocenters. The predicted octanol–water partition coefficient (Wildman–Crippen LogP) is 4.64. The van der Waals surface area contributed by atoms with Crippen molar-refractivity contribution in [1.82, 2.24) is 15.0 Å². The van der Waals surface area contributed by atoms with E-state index < -0.39 is 0 Å². The Balaban J connectivity index is 1.67. The Morgan fingerprint density at radius 3 is 2.17 bits per heavy atom. The van der Waals surface area contributed by atoms with Gasteiger partial charge in [0.15, 0.2) is 0 Å². The number of hydrogen-bond donors (Lipinski definition) is 2. The van der Waals surface area contributed by atoms with Gasteiger partial charge in [-0.3, -0.25) is 0 Å². The number of ether oxygens (including phenoxy) is 1. The number of nitrogens with one attached hydrogen (secondary N) is 2. The highest BCUT2D eigenvalue weighted by Gasteiger charge is 2.17. The smallest absolute Gasteiger partial charge is 0.233 e. The standard InChI is InChI=1S/C19H17Cl2FN6O/c20-12-8-13(21)10-16(9-12)24-18-25-17(23-15-3-1-2-14(22)11-15)26-19(27-18)28-4-6-29-7-5-28/h1-3,8-11H,4-7H2,(H2,23,24,25,26,27). The van der Waals surface area contributed by atoms with Crippen molar-refractivity contribution >= 4 is 52.4 Å². The lowest BCUT2D eigenvalue weighted by molar-refractivity contribution is 0.122. The summed E-state index contributed by atoms with van der Waals surface area (Å²) in [6, 6.07) is 11.1. The van der Waals surface area contributed by atoms with Crippen LogP contribution in [-0.4, -0.2) is 41.3 Å². The molecule has 3 aromatic rings. The minimum absolute atomic E-state index is 0.280. The molecule has 0 saturated carbocycles. The minimum atomic E-state index is -0.357. The third-order valence-corrected chi connectivity index (χ3v) is 4.55. The number of aromatic nitrogens is 3. The van der Waals surface area contributed by atoms with Crippen molar-refractivity contribution in [2.45, 2.75) is 0 Å². The van der Waals surface area contributed by atoms with Gasteiger partial charge in [0.05, 0.1) is 13.2 Å². The van der Waals surface area contributed by atoms with Crippen LogP contribution in [0.4, 0.5) is 33.6 Å². The lowest BCUT2D eigenvalue weighted by atomic mass is 10.3. The second kappa shape index (κ2) is 8.77. The molecule has 2 N–H and O–H groups in total. The molecule has 1 saturated heterocycles. The maximum Gasteiger partial charge on any atom is 0.233 e. The topological polar surface area (TPSA) is 75.2 Å². The van der Waals surface area contributed by atoms with Gasteiger partial charge in [0.1, 0.15) is 5.82 Å². The fraction of sp³-hybridized carbons (Fsp3) is 0.211. The van der Waals surface area contributed by atoms with Crippen molar-refractivity contribution in [3.63, 3.8) is 0 Å². The van der Waals surface area contributed by atoms with E-state index in [1.165, 1.54) is 12.1 Å². The molecule has 0 atom stereocenters. The van der Waals surface area contributed by atoms with E-state index in [4.69, 9.17) is 27.9 Å². The van der Waals surface area contributed by atoms with Crippen LogP contribution in [0.3, 0.4) is 0 Å². The van der Waals surface area contributed by atoms with E-state index in [0.29, 0.717) is 59.6 Å². The number of nitrogens with zero attached hydrogens (tertiary/aromatic N) is 4. The first kappa shape index (κ1) is 19.6. The van der Waals surface area contributed by atoms with E-state index in [-0.39, 0.29) is 11.8 Å². The monoisotopic (exact) mass is 434 g/mol. The summed E-state index contributed by atoms with van der Waals surface area (Å²) in [6.07, 6.45) is 0. The summed E-state index contributed by atoms with van der Waals surface area (Å²) in [7, 11) is 0. The van der Waals surface area contributed by atoms with Crippen molar-refractivity contribution in [3.8, 4) is 0 Å². The Hall–Kier alpha value is -2.68. The number of rotatable bonds is 5. The lowest BCUT2D eigenvalue weighted by Gasteiger charge is -2.27. The second-order valence-electron chi connectivity index (χ2n) is 6.30. The van der Waals surface area contributed by atoms with E-state index >= 15 is 0 Å². The summed E-state index contributed by atoms with van der Waals surface area (Å²) in [5, 5.41) is 7.09. The molecule has 0 aliphatic carbocycles. The van der Waals surface area contributed by atoms with Crippen molar-refractivity contribution in [3.05, 3.63) is 58.3 Å². The number of anilines is 5. The Bertz CT molecular complexity index is 995. The van der Waals surface area contributed by atoms with Gasteiger partial charge in [-0.15, -0.1) is 0 Å². The van der Waals surface area contributed by atoms with Crippen molar-refractivity contribution < 1.29 is 9.13 Å². The molecule has 7 nitrogen and oxygen atoms in total. The zero-order valence-corrected chi connectivity index (χ0v) is 16.7. The van der Waals surface area contributed by atoms with E-state index in [1.807, 2.05) is 4.90 Å². The van der Waals surface area contributed by atoms with Gasteiger partial charge in [-0.1, -0.05) is 29.3 Å². The van der Waals surface area contributed by atoms with E-state index in [1.54, 1.807) is 30.3 Å². The molecule has 0 radical (unpaired) electrons. The quantitative estimate of drug-likeness (QED) is 0.605. The molecule has 1 aliphatic rings. The molecular weight excluding hydrogens is 418 g/mol. The molecular formula is C19H17Cl2FN6O. The first-order valence-corrected chi connectivity index (χ1v) is 9.65. The van der Waals surface area contributed by atoms with Crippen molar-refractivity contribution in [1.29, 1.82) is 0 Å². The Labute approximate surface area is 176 Å². The molecule has 1 fully saturated rings. The first-order chi connectivity index (χ1) is 14.0. The highest BCUT2D eigenvalue weighted by Crippen LogP contribution is 2.26. The summed E-state index contributed by atoms with van der Waals surface area (Å²) in [5.74, 6) is 0.712. The summed E-state index contributed by atoms with van der Waals surface area (Å²) < 4.78 is 18.9. The minimum Gasteiger partial charge on any atom is -0.378 e. The van der Waals surface area contributed by atoms with Crippen LogP contribution in [0, 0.1) is 5.82 Å². The van der Waals surface area contributed by atoms with Crippen LogP contribution in [-0.2, 0) is 4.74 Å². The molecule has 29 heavy (non-hydrogen) atoms. The SMILES string of the molecule is Fc1cccc(Nc2nc(Nc3cc(Cl)cc(Cl)c3)nc(N3CCOCC3)n2)c1. The van der Waals surface area contributed by atoms with Crippen LogP contribution in [0.15, 0.2) is 42.5 Å². The van der Waals surface area contributed by atoms with Crippen LogP contribution in [0.2, 0.25) is 10.0 Å². The third-order valence-electron chi connectivity index (χ3n) is 4.12. The van der Waals surface area contributed by atoms with Gasteiger partial charge in [-0.2, -0.15) is 15.0 Å². The van der Waals surface area contributed by atoms with Crippen LogP contribution in [0.5, 0.6) is 0 Å². The summed E-state index contributed by atoms with van der Waals surface area (Å²) >= 11 is 12.2. The van der Waals surface area contributed by atoms with E-state index in [0.717, 1.165) is 0 Å². The molecule has 0 spiro atoms. The summed E-state index contributed by atoms with van der Waals surface area (Å²) in [4.78, 5) is 15.4. The Kier molecular flexibility index (Phi) is 5.94. The highest BCUT2D eigenvalue weighted by atomic mass is 35.5. The first-order valence-electron chi connectivity index (χ1n) is 8.90. The summed E-state index contributed by atoms with van der Waals surface area (Å²) in [5.41, 5.74) is 1.17. The zero-order valence-electron chi connectivity index (χ0n) is 15.2. The number of morpholine rings is 1. The van der Waals surface area contributed by atoms with E-state index in [9.17, 15) is 4.39 Å². The van der Waals surface area contributed by atoms with Crippen LogP contribution >= 0.6 is 23.2 Å². The Morgan fingerprint density at radius 2 is 1.52 bits per heavy atom. The molecule has 1 aromatic heterocycles. The molecule has 0 bridgehead atoms. The molecule has 10 heteroatoms. The van der Waals surface area contributed by atoms with Gasteiger partial charge in [-0.25, -0.2) is 4.39 Å². The van der Waals surface area contributed by atoms with Crippen LogP contribution < -0.4 is 15.5 Å². The maximum atomic E-state index is 13.5. The van der Waals surface area contributed by atoms with Crippen molar-refractivity contribution in [2.24, 2.45) is 0 Å². The fourth-order valence-electron chi connectivity index (χ4n) is 2.83. The van der Waals surface area contributed by atoms with Gasteiger partial charge in [0.25, 0.3) is 0 Å². The van der Waals surface area contributed by atoms with Gasteiger partial charge in [-0.05, 0) is 36.4 Å². The molecule has 2 heterocycles. The second-order valence-corrected chi connectivity index (χ2v) is 7.17. The zero-order chi connectivity index (χ0) is 20.2. The Morgan fingerprint density at radius 1 is 0.862 bits per heavy atom. The van der Waals surface area contributed by atoms with Gasteiger partial charge < -0.3 is 20.3 Å². The predicted molar refractivity (Wildman–Crippen MR) is 112 cm³/mol. The van der Waals surface area contributed by atoms with Crippen LogP contribution in [0.1, 0.15) is 0 Å². The van der Waals surface area contributed by atoms with Gasteiger partial charge >= 0.3 is 0 Å². The van der Waals surface area contributed by atoms with E-state index in [2.05, 4.69) is 25.6 Å². The van der Waals surface area contributed by atoms with Gasteiger partial charge in [0.2, 0.25) is 17.8 Å². The van der Waals surface area contributed by atoms with Crippen LogP contribution in [0.25, 0.3) is 0 Å². The van der Waals surface area contributed by atoms with Gasteiger partial charge in [0, 0.05) is 34.5 Å². The van der Waals surface area contributed by atoms with Crippen molar-refractivity contribution in [2.75, 3.05) is 41.8 Å². The molecule has 1 aliphatic heterocycles. The lowest BCUT2D eigenvalue weighted by Crippen LogP contribution is -2.37. The number of benzene rings is 2. The normalized spacial score (nSPS) is 14.0. The largest absolute Gasteiger partial charge is 0.378 e. The fourth-order valence-corrected chi connectivity index (χ4v) is 3.36. The summed E-state index contributed by atoms with van der Waals surface area (Å²) in [6.45, 7) is 2.49. The molecule has 150 valence electrons. The molecule has 2 aromatic carbocycles. The average Bonchev–Trinajstić information content (AvgIpc) is 2.68. The molecule has 0 amide bonds. The third kappa shape index (κ3) is 5.23. The maximum absolute atomic E-state index is 13.5. The molecule has 4 rings (SSSR count). The average molecular weight is 435 g/mol.